The number of thiol groups is 1. The molecular formula is C10H14FNS. The van der Waals surface area contributed by atoms with Crippen molar-refractivity contribution in [2.24, 2.45) is 0 Å². The van der Waals surface area contributed by atoms with Crippen molar-refractivity contribution < 1.29 is 4.39 Å². The van der Waals surface area contributed by atoms with Gasteiger partial charge in [0.1, 0.15) is 5.82 Å². The highest BCUT2D eigenvalue weighted by atomic mass is 32.1. The van der Waals surface area contributed by atoms with Crippen molar-refractivity contribution in [1.82, 2.24) is 4.90 Å². The fourth-order valence-electron chi connectivity index (χ4n) is 1.28. The third-order valence-corrected chi connectivity index (χ3v) is 2.38. The first-order chi connectivity index (χ1) is 6.15. The Hall–Kier alpha value is -0.540. The van der Waals surface area contributed by atoms with Gasteiger partial charge in [0.25, 0.3) is 0 Å². The van der Waals surface area contributed by atoms with Crippen molar-refractivity contribution in [3.8, 4) is 0 Å². The average Bonchev–Trinajstić information content (AvgIpc) is 2.04. The van der Waals surface area contributed by atoms with E-state index in [-0.39, 0.29) is 11.9 Å². The van der Waals surface area contributed by atoms with E-state index in [1.165, 1.54) is 6.07 Å². The lowest BCUT2D eigenvalue weighted by molar-refractivity contribution is 0.326. The van der Waals surface area contributed by atoms with Gasteiger partial charge < -0.3 is 4.90 Å². The molecule has 3 heteroatoms. The van der Waals surface area contributed by atoms with E-state index in [4.69, 9.17) is 0 Å². The molecule has 0 saturated carbocycles. The van der Waals surface area contributed by atoms with Gasteiger partial charge in [-0.15, -0.1) is 0 Å². The lowest BCUT2D eigenvalue weighted by Crippen LogP contribution is -2.21. The topological polar surface area (TPSA) is 3.24 Å². The van der Waals surface area contributed by atoms with Crippen LogP contribution in [0, 0.1) is 5.82 Å². The Kier molecular flexibility index (Phi) is 3.75. The van der Waals surface area contributed by atoms with Gasteiger partial charge in [-0.3, -0.25) is 0 Å². The van der Waals surface area contributed by atoms with Gasteiger partial charge in [-0.25, -0.2) is 4.39 Å². The van der Waals surface area contributed by atoms with Crippen LogP contribution >= 0.6 is 12.6 Å². The second kappa shape index (κ2) is 4.63. The van der Waals surface area contributed by atoms with E-state index in [1.54, 1.807) is 12.1 Å². The number of hydrogen-bond donors (Lipinski definition) is 1. The summed E-state index contributed by atoms with van der Waals surface area (Å²) in [5.41, 5.74) is 0.972. The Labute approximate surface area is 84.0 Å². The van der Waals surface area contributed by atoms with Crippen molar-refractivity contribution in [3.63, 3.8) is 0 Å². The summed E-state index contributed by atoms with van der Waals surface area (Å²) in [5, 5.41) is 0. The van der Waals surface area contributed by atoms with Crippen LogP contribution in [0.25, 0.3) is 0 Å². The van der Waals surface area contributed by atoms with Gasteiger partial charge >= 0.3 is 0 Å². The first-order valence-corrected chi connectivity index (χ1v) is 4.81. The van der Waals surface area contributed by atoms with Gasteiger partial charge in [0.05, 0.1) is 0 Å². The van der Waals surface area contributed by atoms with Crippen molar-refractivity contribution >= 4 is 12.6 Å². The lowest BCUT2D eigenvalue weighted by atomic mass is 10.1. The van der Waals surface area contributed by atoms with Gasteiger partial charge in [-0.1, -0.05) is 12.1 Å². The Morgan fingerprint density at radius 2 is 2.15 bits per heavy atom. The van der Waals surface area contributed by atoms with Crippen LogP contribution in [0.15, 0.2) is 24.3 Å². The summed E-state index contributed by atoms with van der Waals surface area (Å²) in [5.74, 6) is 0.502. The molecule has 0 fully saturated rings. The molecule has 1 atom stereocenters. The zero-order valence-electron chi connectivity index (χ0n) is 7.87. The maximum Gasteiger partial charge on any atom is 0.123 e. The predicted octanol–water partition coefficient (Wildman–Crippen LogP) is 2.36. The Bertz CT molecular complexity index is 275. The molecule has 0 saturated heterocycles. The van der Waals surface area contributed by atoms with E-state index < -0.39 is 0 Å². The summed E-state index contributed by atoms with van der Waals surface area (Å²) in [4.78, 5) is 2.03. The Morgan fingerprint density at radius 3 is 2.62 bits per heavy atom. The van der Waals surface area contributed by atoms with E-state index in [0.29, 0.717) is 5.75 Å². The molecule has 1 aromatic rings. The van der Waals surface area contributed by atoms with E-state index >= 15 is 0 Å². The SMILES string of the molecule is CN(C)C(CS)c1cccc(F)c1. The minimum Gasteiger partial charge on any atom is -0.302 e. The van der Waals surface area contributed by atoms with Crippen LogP contribution in [0.5, 0.6) is 0 Å². The lowest BCUT2D eigenvalue weighted by Gasteiger charge is -2.22. The molecule has 0 radical (unpaired) electrons. The van der Waals surface area contributed by atoms with E-state index in [0.717, 1.165) is 5.56 Å². The van der Waals surface area contributed by atoms with Crippen LogP contribution < -0.4 is 0 Å². The van der Waals surface area contributed by atoms with E-state index in [1.807, 2.05) is 25.1 Å². The van der Waals surface area contributed by atoms with Crippen LogP contribution in [-0.2, 0) is 0 Å². The maximum absolute atomic E-state index is 12.9. The molecule has 1 nitrogen and oxygen atoms in total. The number of hydrogen-bond acceptors (Lipinski definition) is 2. The van der Waals surface area contributed by atoms with Crippen molar-refractivity contribution in [2.75, 3.05) is 19.8 Å². The van der Waals surface area contributed by atoms with Crippen molar-refractivity contribution in [2.45, 2.75) is 6.04 Å². The molecule has 0 aliphatic rings. The first-order valence-electron chi connectivity index (χ1n) is 4.18. The van der Waals surface area contributed by atoms with Gasteiger partial charge in [0.2, 0.25) is 0 Å². The minimum atomic E-state index is -0.189. The summed E-state index contributed by atoms with van der Waals surface area (Å²) >= 11 is 4.24. The van der Waals surface area contributed by atoms with Gasteiger partial charge in [0, 0.05) is 11.8 Å². The van der Waals surface area contributed by atoms with Crippen molar-refractivity contribution in [3.05, 3.63) is 35.6 Å². The summed E-state index contributed by atoms with van der Waals surface area (Å²) < 4.78 is 12.9. The van der Waals surface area contributed by atoms with Crippen LogP contribution in [0.1, 0.15) is 11.6 Å². The zero-order valence-corrected chi connectivity index (χ0v) is 8.76. The molecular weight excluding hydrogens is 185 g/mol. The normalized spacial score (nSPS) is 13.3. The standard InChI is InChI=1S/C10H14FNS/c1-12(2)10(7-13)8-4-3-5-9(11)6-8/h3-6,10,13H,7H2,1-2H3. The molecule has 72 valence electrons. The van der Waals surface area contributed by atoms with E-state index in [2.05, 4.69) is 12.6 Å². The molecule has 0 bridgehead atoms. The van der Waals surface area contributed by atoms with Crippen molar-refractivity contribution in [1.29, 1.82) is 0 Å². The molecule has 13 heavy (non-hydrogen) atoms. The molecule has 1 rings (SSSR count). The monoisotopic (exact) mass is 199 g/mol. The summed E-state index contributed by atoms with van der Waals surface area (Å²) in [7, 11) is 3.93. The van der Waals surface area contributed by atoms with Crippen LogP contribution in [0.3, 0.4) is 0 Å². The summed E-state index contributed by atoms with van der Waals surface area (Å²) in [6.45, 7) is 0. The van der Waals surface area contributed by atoms with Crippen LogP contribution in [-0.4, -0.2) is 24.7 Å². The fourth-order valence-corrected chi connectivity index (χ4v) is 1.82. The molecule has 0 aliphatic carbocycles. The quantitative estimate of drug-likeness (QED) is 0.731. The second-order valence-electron chi connectivity index (χ2n) is 3.22. The molecule has 0 spiro atoms. The third-order valence-electron chi connectivity index (χ3n) is 2.03. The third kappa shape index (κ3) is 2.71. The van der Waals surface area contributed by atoms with Crippen LogP contribution in [0.4, 0.5) is 4.39 Å². The molecule has 1 unspecified atom stereocenters. The highest BCUT2D eigenvalue weighted by Gasteiger charge is 2.11. The second-order valence-corrected chi connectivity index (χ2v) is 3.58. The summed E-state index contributed by atoms with van der Waals surface area (Å²) in [6.07, 6.45) is 0. The fraction of sp³-hybridized carbons (Fsp3) is 0.400. The minimum absolute atomic E-state index is 0.180. The number of rotatable bonds is 3. The Balaban J connectivity index is 2.91. The molecule has 0 aromatic heterocycles. The highest BCUT2D eigenvalue weighted by molar-refractivity contribution is 7.80. The summed E-state index contributed by atoms with van der Waals surface area (Å²) in [6, 6.07) is 6.84. The highest BCUT2D eigenvalue weighted by Crippen LogP contribution is 2.19. The number of benzene rings is 1. The van der Waals surface area contributed by atoms with Crippen LogP contribution in [0.2, 0.25) is 0 Å². The van der Waals surface area contributed by atoms with E-state index in [9.17, 15) is 4.39 Å². The maximum atomic E-state index is 12.9. The van der Waals surface area contributed by atoms with Gasteiger partial charge in [-0.2, -0.15) is 12.6 Å². The molecule has 0 amide bonds. The predicted molar refractivity (Wildman–Crippen MR) is 56.7 cm³/mol. The number of nitrogens with zero attached hydrogens (tertiary/aromatic N) is 1. The number of halogens is 1. The van der Waals surface area contributed by atoms with Gasteiger partial charge in [0.15, 0.2) is 0 Å². The molecule has 0 N–H and O–H groups in total. The molecule has 0 aliphatic heterocycles. The Morgan fingerprint density at radius 1 is 1.46 bits per heavy atom. The first kappa shape index (κ1) is 10.5. The molecule has 0 heterocycles. The smallest absolute Gasteiger partial charge is 0.123 e. The zero-order chi connectivity index (χ0) is 9.84. The average molecular weight is 199 g/mol. The molecule has 1 aromatic carbocycles. The largest absolute Gasteiger partial charge is 0.302 e. The van der Waals surface area contributed by atoms with Gasteiger partial charge in [-0.05, 0) is 31.8 Å².